The Morgan fingerprint density at radius 2 is 1.69 bits per heavy atom. The zero-order valence-corrected chi connectivity index (χ0v) is 9.13. The fourth-order valence-corrected chi connectivity index (χ4v) is 1.20. The number of aliphatic imine (C=N–C) groups is 1. The van der Waals surface area contributed by atoms with Crippen molar-refractivity contribution >= 4 is 6.21 Å². The summed E-state index contributed by atoms with van der Waals surface area (Å²) in [4.78, 5) is 4.27. The summed E-state index contributed by atoms with van der Waals surface area (Å²) in [6.45, 7) is 5.26. The van der Waals surface area contributed by atoms with Gasteiger partial charge in [0.2, 0.25) is 0 Å². The quantitative estimate of drug-likeness (QED) is 0.396. The predicted octanol–water partition coefficient (Wildman–Crippen LogP) is 3.99. The molecule has 0 aliphatic carbocycles. The number of hydrogen-bond donors (Lipinski definition) is 0. The highest BCUT2D eigenvalue weighted by Crippen LogP contribution is 2.04. The van der Waals surface area contributed by atoms with E-state index in [1.165, 1.54) is 38.5 Å². The van der Waals surface area contributed by atoms with Gasteiger partial charge in [-0.1, -0.05) is 45.1 Å². The Hall–Kier alpha value is -0.590. The van der Waals surface area contributed by atoms with Crippen molar-refractivity contribution < 1.29 is 0 Å². The molecule has 0 fully saturated rings. The van der Waals surface area contributed by atoms with Crippen LogP contribution in [0.15, 0.2) is 17.1 Å². The molecule has 13 heavy (non-hydrogen) atoms. The topological polar surface area (TPSA) is 12.4 Å². The van der Waals surface area contributed by atoms with Gasteiger partial charge in [0.25, 0.3) is 0 Å². The van der Waals surface area contributed by atoms with Gasteiger partial charge < -0.3 is 0 Å². The van der Waals surface area contributed by atoms with E-state index < -0.39 is 0 Å². The van der Waals surface area contributed by atoms with Gasteiger partial charge in [0.1, 0.15) is 0 Å². The third-order valence-electron chi connectivity index (χ3n) is 2.02. The molecule has 76 valence electrons. The molecule has 0 bridgehead atoms. The second-order valence-corrected chi connectivity index (χ2v) is 3.35. The zero-order chi connectivity index (χ0) is 9.78. The SMILES string of the molecule is C/C=C/C=NCCCCCCCC. The van der Waals surface area contributed by atoms with Crippen molar-refractivity contribution in [2.45, 2.75) is 52.4 Å². The highest BCUT2D eigenvalue weighted by Gasteiger charge is 1.87. The van der Waals surface area contributed by atoms with Crippen LogP contribution < -0.4 is 0 Å². The molecule has 0 aromatic heterocycles. The van der Waals surface area contributed by atoms with Crippen molar-refractivity contribution in [3.63, 3.8) is 0 Å². The first-order chi connectivity index (χ1) is 6.41. The van der Waals surface area contributed by atoms with Gasteiger partial charge >= 0.3 is 0 Å². The molecule has 0 atom stereocenters. The molecule has 1 nitrogen and oxygen atoms in total. The van der Waals surface area contributed by atoms with E-state index >= 15 is 0 Å². The molecule has 0 radical (unpaired) electrons. The largest absolute Gasteiger partial charge is 0.293 e. The van der Waals surface area contributed by atoms with Crippen LogP contribution in [0.4, 0.5) is 0 Å². The number of nitrogens with zero attached hydrogens (tertiary/aromatic N) is 1. The first-order valence-electron chi connectivity index (χ1n) is 5.53. The van der Waals surface area contributed by atoms with E-state index in [0.29, 0.717) is 0 Å². The van der Waals surface area contributed by atoms with Crippen LogP contribution in [0.25, 0.3) is 0 Å². The second kappa shape index (κ2) is 11.4. The van der Waals surface area contributed by atoms with E-state index in [-0.39, 0.29) is 0 Å². The van der Waals surface area contributed by atoms with Crippen LogP contribution in [0.2, 0.25) is 0 Å². The van der Waals surface area contributed by atoms with Crippen LogP contribution in [-0.2, 0) is 0 Å². The molecular weight excluding hydrogens is 158 g/mol. The van der Waals surface area contributed by atoms with Crippen LogP contribution in [0.3, 0.4) is 0 Å². The molecule has 0 N–H and O–H groups in total. The standard InChI is InChI=1S/C12H23N/c1-3-5-7-8-9-10-12-13-11-6-4-2/h4,6,11H,3,5,7-10,12H2,1-2H3/b6-4+,13-11?. The smallest absolute Gasteiger partial charge is 0.0389 e. The fourth-order valence-electron chi connectivity index (χ4n) is 1.20. The minimum absolute atomic E-state index is 0.996. The molecule has 0 aliphatic rings. The van der Waals surface area contributed by atoms with E-state index in [4.69, 9.17) is 0 Å². The molecule has 0 rings (SSSR count). The van der Waals surface area contributed by atoms with Crippen molar-refractivity contribution in [3.8, 4) is 0 Å². The maximum absolute atomic E-state index is 4.27. The molecular formula is C12H23N. The van der Waals surface area contributed by atoms with Gasteiger partial charge in [-0.3, -0.25) is 4.99 Å². The lowest BCUT2D eigenvalue weighted by Crippen LogP contribution is -1.83. The molecule has 0 saturated heterocycles. The zero-order valence-electron chi connectivity index (χ0n) is 9.13. The van der Waals surface area contributed by atoms with Crippen molar-refractivity contribution in [2.24, 2.45) is 4.99 Å². The average molecular weight is 181 g/mol. The summed E-state index contributed by atoms with van der Waals surface area (Å²) in [6, 6.07) is 0. The monoisotopic (exact) mass is 181 g/mol. The Kier molecular flexibility index (Phi) is 10.9. The molecule has 0 spiro atoms. The number of allylic oxidation sites excluding steroid dienone is 2. The van der Waals surface area contributed by atoms with E-state index in [2.05, 4.69) is 11.9 Å². The minimum atomic E-state index is 0.996. The highest BCUT2D eigenvalue weighted by molar-refractivity contribution is 5.70. The Labute approximate surface area is 83.0 Å². The summed E-state index contributed by atoms with van der Waals surface area (Å²) in [5, 5.41) is 0. The Bertz CT molecular complexity index is 136. The third-order valence-corrected chi connectivity index (χ3v) is 2.02. The Morgan fingerprint density at radius 1 is 1.00 bits per heavy atom. The summed E-state index contributed by atoms with van der Waals surface area (Å²) < 4.78 is 0. The van der Waals surface area contributed by atoms with E-state index in [1.807, 2.05) is 25.3 Å². The van der Waals surface area contributed by atoms with Crippen LogP contribution in [0.5, 0.6) is 0 Å². The number of rotatable bonds is 8. The summed E-state index contributed by atoms with van der Waals surface area (Å²) in [6.07, 6.45) is 14.0. The van der Waals surface area contributed by atoms with Crippen LogP contribution in [-0.4, -0.2) is 12.8 Å². The first kappa shape index (κ1) is 12.4. The van der Waals surface area contributed by atoms with Crippen molar-refractivity contribution in [1.82, 2.24) is 0 Å². The van der Waals surface area contributed by atoms with Gasteiger partial charge in [0.05, 0.1) is 0 Å². The summed E-state index contributed by atoms with van der Waals surface area (Å²) in [5.74, 6) is 0. The van der Waals surface area contributed by atoms with Crippen LogP contribution in [0.1, 0.15) is 52.4 Å². The predicted molar refractivity (Wildman–Crippen MR) is 61.5 cm³/mol. The van der Waals surface area contributed by atoms with Crippen molar-refractivity contribution in [1.29, 1.82) is 0 Å². The maximum Gasteiger partial charge on any atom is 0.0389 e. The highest BCUT2D eigenvalue weighted by atomic mass is 14.7. The summed E-state index contributed by atoms with van der Waals surface area (Å²) in [5.41, 5.74) is 0. The lowest BCUT2D eigenvalue weighted by Gasteiger charge is -1.96. The number of unbranched alkanes of at least 4 members (excludes halogenated alkanes) is 5. The van der Waals surface area contributed by atoms with Gasteiger partial charge in [-0.25, -0.2) is 0 Å². The van der Waals surface area contributed by atoms with E-state index in [9.17, 15) is 0 Å². The average Bonchev–Trinajstić information content (AvgIpc) is 2.16. The lowest BCUT2D eigenvalue weighted by atomic mass is 10.1. The van der Waals surface area contributed by atoms with E-state index in [1.54, 1.807) is 0 Å². The minimum Gasteiger partial charge on any atom is -0.293 e. The van der Waals surface area contributed by atoms with Gasteiger partial charge in [-0.15, -0.1) is 0 Å². The summed E-state index contributed by atoms with van der Waals surface area (Å²) >= 11 is 0. The maximum atomic E-state index is 4.27. The van der Waals surface area contributed by atoms with E-state index in [0.717, 1.165) is 6.54 Å². The Balaban J connectivity index is 2.99. The number of hydrogen-bond acceptors (Lipinski definition) is 1. The molecule has 0 unspecified atom stereocenters. The normalized spacial score (nSPS) is 11.8. The van der Waals surface area contributed by atoms with Gasteiger partial charge in [0, 0.05) is 12.8 Å². The molecule has 0 heterocycles. The van der Waals surface area contributed by atoms with Crippen molar-refractivity contribution in [2.75, 3.05) is 6.54 Å². The summed E-state index contributed by atoms with van der Waals surface area (Å²) in [7, 11) is 0. The van der Waals surface area contributed by atoms with Crippen LogP contribution >= 0.6 is 0 Å². The van der Waals surface area contributed by atoms with Crippen LogP contribution in [0, 0.1) is 0 Å². The second-order valence-electron chi connectivity index (χ2n) is 3.35. The molecule has 0 aliphatic heterocycles. The van der Waals surface area contributed by atoms with Gasteiger partial charge in [0.15, 0.2) is 0 Å². The fraction of sp³-hybridized carbons (Fsp3) is 0.750. The van der Waals surface area contributed by atoms with Gasteiger partial charge in [-0.2, -0.15) is 0 Å². The molecule has 0 aromatic carbocycles. The molecule has 0 saturated carbocycles. The third kappa shape index (κ3) is 11.4. The molecule has 0 amide bonds. The Morgan fingerprint density at radius 3 is 2.38 bits per heavy atom. The molecule has 0 aromatic rings. The lowest BCUT2D eigenvalue weighted by molar-refractivity contribution is 0.613. The molecule has 1 heteroatoms. The van der Waals surface area contributed by atoms with Crippen molar-refractivity contribution in [3.05, 3.63) is 12.2 Å². The van der Waals surface area contributed by atoms with Gasteiger partial charge in [-0.05, 0) is 19.4 Å². The first-order valence-corrected chi connectivity index (χ1v) is 5.53.